The van der Waals surface area contributed by atoms with Crippen molar-refractivity contribution in [3.05, 3.63) is 29.3 Å². The van der Waals surface area contributed by atoms with Crippen molar-refractivity contribution in [2.24, 2.45) is 0 Å². The lowest BCUT2D eigenvalue weighted by Gasteiger charge is -2.29. The maximum Gasteiger partial charge on any atom is 0.417 e. The molecule has 1 fully saturated rings. The van der Waals surface area contributed by atoms with E-state index in [-0.39, 0.29) is 31.0 Å². The minimum atomic E-state index is -4.88. The number of halogens is 6. The molecule has 5 nitrogen and oxygen atoms in total. The van der Waals surface area contributed by atoms with E-state index in [2.05, 4.69) is 0 Å². The summed E-state index contributed by atoms with van der Waals surface area (Å²) in [6, 6.07) is 3.82. The largest absolute Gasteiger partial charge is 0.417 e. The monoisotopic (exact) mass is 423 g/mol. The van der Waals surface area contributed by atoms with E-state index >= 15 is 0 Å². The Kier molecular flexibility index (Phi) is 7.35. The number of rotatable bonds is 6. The van der Waals surface area contributed by atoms with Gasteiger partial charge in [0, 0.05) is 31.7 Å². The van der Waals surface area contributed by atoms with Gasteiger partial charge in [-0.1, -0.05) is 0 Å². The molecule has 1 aliphatic heterocycles. The van der Waals surface area contributed by atoms with Crippen molar-refractivity contribution < 1.29 is 35.9 Å². The molecule has 0 radical (unpaired) electrons. The molecule has 11 heteroatoms. The molecule has 0 saturated carbocycles. The molecule has 1 amide bonds. The number of amides is 1. The molecule has 1 aromatic carbocycles. The smallest absolute Gasteiger partial charge is 0.378 e. The Hall–Kier alpha value is -2.48. The molecule has 1 aromatic rings. The fourth-order valence-corrected chi connectivity index (χ4v) is 2.97. The number of morpholine rings is 1. The quantitative estimate of drug-likeness (QED) is 0.657. The van der Waals surface area contributed by atoms with E-state index in [9.17, 15) is 31.1 Å². The van der Waals surface area contributed by atoms with E-state index in [1.54, 1.807) is 4.90 Å². The normalized spacial score (nSPS) is 15.1. The van der Waals surface area contributed by atoms with Gasteiger partial charge in [0.15, 0.2) is 0 Å². The zero-order valence-electron chi connectivity index (χ0n) is 15.3. The number of carbonyl (C=O) groups excluding carboxylic acids is 1. The standard InChI is InChI=1S/C18H19F6N3O2/c19-17(20,21)12-27(5-1-2-16(28)26-6-8-29-9-7-26)14-4-3-13(11-25)15(10-14)18(22,23)24/h3-4,10H,1-2,5-9,12H2. The summed E-state index contributed by atoms with van der Waals surface area (Å²) in [4.78, 5) is 14.4. The molecule has 1 aliphatic rings. The second-order valence-electron chi connectivity index (χ2n) is 6.47. The summed E-state index contributed by atoms with van der Waals surface area (Å²) < 4.78 is 83.3. The Morgan fingerprint density at radius 2 is 1.83 bits per heavy atom. The van der Waals surface area contributed by atoms with Crippen LogP contribution >= 0.6 is 0 Å². The average Bonchev–Trinajstić information content (AvgIpc) is 2.65. The lowest BCUT2D eigenvalue weighted by molar-refractivity contribution is -0.137. The molecule has 29 heavy (non-hydrogen) atoms. The predicted molar refractivity (Wildman–Crippen MR) is 91.1 cm³/mol. The van der Waals surface area contributed by atoms with Crippen LogP contribution in [0.15, 0.2) is 18.2 Å². The summed E-state index contributed by atoms with van der Waals surface area (Å²) in [6.45, 7) is -0.166. The maximum atomic E-state index is 13.1. The molecule has 0 spiro atoms. The van der Waals surface area contributed by atoms with Gasteiger partial charge in [0.1, 0.15) is 6.54 Å². The summed E-state index contributed by atoms with van der Waals surface area (Å²) in [5.74, 6) is -0.240. The summed E-state index contributed by atoms with van der Waals surface area (Å²) in [6.07, 6.45) is -9.53. The van der Waals surface area contributed by atoms with Crippen LogP contribution < -0.4 is 4.90 Å². The van der Waals surface area contributed by atoms with E-state index < -0.39 is 30.0 Å². The molecular formula is C18H19F6N3O2. The molecular weight excluding hydrogens is 404 g/mol. The van der Waals surface area contributed by atoms with Gasteiger partial charge < -0.3 is 14.5 Å². The van der Waals surface area contributed by atoms with Crippen molar-refractivity contribution in [1.29, 1.82) is 5.26 Å². The number of ether oxygens (including phenoxy) is 1. The molecule has 0 aromatic heterocycles. The number of nitriles is 1. The highest BCUT2D eigenvalue weighted by molar-refractivity contribution is 5.76. The van der Waals surface area contributed by atoms with Crippen LogP contribution in [0.5, 0.6) is 0 Å². The van der Waals surface area contributed by atoms with Crippen LogP contribution in [-0.2, 0) is 15.7 Å². The van der Waals surface area contributed by atoms with Crippen molar-refractivity contribution in [3.8, 4) is 6.07 Å². The maximum absolute atomic E-state index is 13.1. The first kappa shape index (κ1) is 22.8. The highest BCUT2D eigenvalue weighted by Gasteiger charge is 2.36. The number of hydrogen-bond donors (Lipinski definition) is 0. The fraction of sp³-hybridized carbons (Fsp3) is 0.556. The van der Waals surface area contributed by atoms with Gasteiger partial charge in [0.2, 0.25) is 5.91 Å². The van der Waals surface area contributed by atoms with Crippen molar-refractivity contribution in [1.82, 2.24) is 4.90 Å². The third-order valence-corrected chi connectivity index (χ3v) is 4.35. The lowest BCUT2D eigenvalue weighted by Crippen LogP contribution is -2.41. The minimum Gasteiger partial charge on any atom is -0.378 e. The molecule has 0 atom stereocenters. The van der Waals surface area contributed by atoms with Crippen LogP contribution in [0.2, 0.25) is 0 Å². The fourth-order valence-electron chi connectivity index (χ4n) is 2.97. The molecule has 1 saturated heterocycles. The highest BCUT2D eigenvalue weighted by atomic mass is 19.4. The number of benzene rings is 1. The zero-order chi connectivity index (χ0) is 21.7. The Balaban J connectivity index is 2.14. The Morgan fingerprint density at radius 3 is 2.38 bits per heavy atom. The van der Waals surface area contributed by atoms with E-state index in [1.165, 1.54) is 6.07 Å². The van der Waals surface area contributed by atoms with E-state index in [0.717, 1.165) is 17.0 Å². The summed E-state index contributed by atoms with van der Waals surface area (Å²) >= 11 is 0. The number of anilines is 1. The van der Waals surface area contributed by atoms with Gasteiger partial charge in [-0.25, -0.2) is 0 Å². The van der Waals surface area contributed by atoms with Gasteiger partial charge in [0.05, 0.1) is 30.4 Å². The molecule has 2 rings (SSSR count). The third kappa shape index (κ3) is 6.81. The topological polar surface area (TPSA) is 56.6 Å². The molecule has 160 valence electrons. The van der Waals surface area contributed by atoms with Crippen LogP contribution in [0.4, 0.5) is 32.0 Å². The second-order valence-corrected chi connectivity index (χ2v) is 6.47. The van der Waals surface area contributed by atoms with E-state index in [1.807, 2.05) is 0 Å². The summed E-state index contributed by atoms with van der Waals surface area (Å²) in [7, 11) is 0. The lowest BCUT2D eigenvalue weighted by atomic mass is 10.1. The van der Waals surface area contributed by atoms with Crippen LogP contribution in [0.25, 0.3) is 0 Å². The number of alkyl halides is 6. The predicted octanol–water partition coefficient (Wildman–Crippen LogP) is 3.58. The first-order valence-electron chi connectivity index (χ1n) is 8.80. The highest BCUT2D eigenvalue weighted by Crippen LogP contribution is 2.35. The van der Waals surface area contributed by atoms with Gasteiger partial charge >= 0.3 is 12.4 Å². The second kappa shape index (κ2) is 9.35. The Morgan fingerprint density at radius 1 is 1.17 bits per heavy atom. The first-order chi connectivity index (χ1) is 13.5. The number of nitrogens with zero attached hydrogens (tertiary/aromatic N) is 3. The van der Waals surface area contributed by atoms with Crippen LogP contribution in [-0.4, -0.2) is 56.4 Å². The van der Waals surface area contributed by atoms with Crippen molar-refractivity contribution in [2.75, 3.05) is 44.3 Å². The van der Waals surface area contributed by atoms with Crippen LogP contribution in [0, 0.1) is 11.3 Å². The number of hydrogen-bond acceptors (Lipinski definition) is 4. The summed E-state index contributed by atoms with van der Waals surface area (Å²) in [5, 5.41) is 8.83. The van der Waals surface area contributed by atoms with Gasteiger partial charge in [-0.05, 0) is 24.6 Å². The molecule has 0 unspecified atom stereocenters. The van der Waals surface area contributed by atoms with Gasteiger partial charge in [-0.15, -0.1) is 0 Å². The van der Waals surface area contributed by atoms with Crippen molar-refractivity contribution in [3.63, 3.8) is 0 Å². The average molecular weight is 423 g/mol. The van der Waals surface area contributed by atoms with E-state index in [4.69, 9.17) is 10.00 Å². The van der Waals surface area contributed by atoms with Gasteiger partial charge in [0.25, 0.3) is 0 Å². The summed E-state index contributed by atoms with van der Waals surface area (Å²) in [5.41, 5.74) is -2.28. The third-order valence-electron chi connectivity index (χ3n) is 4.35. The minimum absolute atomic E-state index is 0.0310. The molecule has 0 aliphatic carbocycles. The van der Waals surface area contributed by atoms with Gasteiger partial charge in [-0.3, -0.25) is 4.79 Å². The van der Waals surface area contributed by atoms with E-state index in [0.29, 0.717) is 32.4 Å². The van der Waals surface area contributed by atoms with Crippen molar-refractivity contribution in [2.45, 2.75) is 25.2 Å². The Labute approximate surface area is 163 Å². The first-order valence-corrected chi connectivity index (χ1v) is 8.80. The van der Waals surface area contributed by atoms with Crippen molar-refractivity contribution >= 4 is 11.6 Å². The van der Waals surface area contributed by atoms with Gasteiger partial charge in [-0.2, -0.15) is 31.6 Å². The van der Waals surface area contributed by atoms with Crippen LogP contribution in [0.1, 0.15) is 24.0 Å². The zero-order valence-corrected chi connectivity index (χ0v) is 15.3. The molecule has 0 bridgehead atoms. The number of carbonyl (C=O) groups is 1. The molecule has 0 N–H and O–H groups in total. The van der Waals surface area contributed by atoms with Crippen LogP contribution in [0.3, 0.4) is 0 Å². The molecule has 1 heterocycles. The SMILES string of the molecule is N#Cc1ccc(N(CCCC(=O)N2CCOCC2)CC(F)(F)F)cc1C(F)(F)F. The Bertz CT molecular complexity index is 751.